The molecule has 27 heavy (non-hydrogen) atoms. The Morgan fingerprint density at radius 3 is 2.00 bits per heavy atom. The molecule has 0 aliphatic heterocycles. The molecule has 0 spiro atoms. The zero-order valence-electron chi connectivity index (χ0n) is 16.2. The van der Waals surface area contributed by atoms with Gasteiger partial charge in [0.05, 0.1) is 13.2 Å². The van der Waals surface area contributed by atoms with Gasteiger partial charge in [0.2, 0.25) is 5.43 Å². The quantitative estimate of drug-likeness (QED) is 0.549. The van der Waals surface area contributed by atoms with Gasteiger partial charge in [0.1, 0.15) is 11.1 Å². The Hall–Kier alpha value is -2.89. The maximum absolute atomic E-state index is 13.0. The van der Waals surface area contributed by atoms with Gasteiger partial charge >= 0.3 is 11.9 Å². The third-order valence-corrected chi connectivity index (χ3v) is 4.28. The summed E-state index contributed by atoms with van der Waals surface area (Å²) in [5.41, 5.74) is 0.653. The van der Waals surface area contributed by atoms with E-state index in [0.29, 0.717) is 17.8 Å². The van der Waals surface area contributed by atoms with Crippen LogP contribution in [-0.4, -0.2) is 29.7 Å². The molecule has 6 nitrogen and oxygen atoms in total. The van der Waals surface area contributed by atoms with Crippen LogP contribution in [-0.2, 0) is 9.47 Å². The highest BCUT2D eigenvalue weighted by Gasteiger charge is 2.27. The molecule has 0 bridgehead atoms. The first-order valence-corrected chi connectivity index (χ1v) is 9.09. The van der Waals surface area contributed by atoms with Gasteiger partial charge in [-0.05, 0) is 39.3 Å². The Kier molecular flexibility index (Phi) is 6.93. The van der Waals surface area contributed by atoms with Crippen LogP contribution >= 0.6 is 0 Å². The maximum Gasteiger partial charge on any atom is 0.343 e. The van der Waals surface area contributed by atoms with Crippen LogP contribution in [0, 0.1) is 13.8 Å². The number of nitrogens with zero attached hydrogens (tertiary/aromatic N) is 1. The van der Waals surface area contributed by atoms with Crippen LogP contribution < -0.4 is 5.43 Å². The molecule has 1 heterocycles. The average molecular weight is 371 g/mol. The number of benzene rings is 1. The molecule has 0 radical (unpaired) electrons. The number of para-hydroxylation sites is 1. The molecule has 0 saturated carbocycles. The normalized spacial score (nSPS) is 10.5. The van der Waals surface area contributed by atoms with Gasteiger partial charge in [0.15, 0.2) is 0 Å². The fourth-order valence-electron chi connectivity index (χ4n) is 2.96. The van der Waals surface area contributed by atoms with Crippen molar-refractivity contribution in [3.8, 4) is 5.69 Å². The summed E-state index contributed by atoms with van der Waals surface area (Å²) in [6.07, 6.45) is 1.57. The monoisotopic (exact) mass is 371 g/mol. The molecule has 0 N–H and O–H groups in total. The Balaban J connectivity index is 2.72. The van der Waals surface area contributed by atoms with E-state index < -0.39 is 17.4 Å². The van der Waals surface area contributed by atoms with Crippen molar-refractivity contribution in [2.75, 3.05) is 13.2 Å². The van der Waals surface area contributed by atoms with Gasteiger partial charge in [0, 0.05) is 17.1 Å². The fourth-order valence-corrected chi connectivity index (χ4v) is 2.96. The van der Waals surface area contributed by atoms with Gasteiger partial charge in [-0.25, -0.2) is 9.59 Å². The number of unbranched alkanes of at least 4 members (excludes halogenated alkanes) is 1. The van der Waals surface area contributed by atoms with Crippen LogP contribution in [0.25, 0.3) is 5.69 Å². The van der Waals surface area contributed by atoms with E-state index in [0.717, 1.165) is 12.1 Å². The zero-order chi connectivity index (χ0) is 20.0. The molecule has 0 fully saturated rings. The lowest BCUT2D eigenvalue weighted by Gasteiger charge is -2.20. The van der Waals surface area contributed by atoms with Crippen LogP contribution in [0.15, 0.2) is 35.1 Å². The summed E-state index contributed by atoms with van der Waals surface area (Å²) < 4.78 is 12.0. The molecule has 6 heteroatoms. The molecule has 0 aliphatic rings. The number of ether oxygens (including phenoxy) is 2. The highest BCUT2D eigenvalue weighted by Crippen LogP contribution is 2.20. The second-order valence-corrected chi connectivity index (χ2v) is 6.13. The van der Waals surface area contributed by atoms with Crippen molar-refractivity contribution in [3.05, 3.63) is 63.1 Å². The standard InChI is InChI=1S/C21H25NO5/c1-5-7-13-27-21(25)18-15(4)22(16-11-9-8-10-12-16)14(3)17(19(18)23)20(24)26-6-2/h8-12H,5-7,13H2,1-4H3. The van der Waals surface area contributed by atoms with Crippen molar-refractivity contribution < 1.29 is 19.1 Å². The average Bonchev–Trinajstić information content (AvgIpc) is 2.63. The number of pyridine rings is 1. The summed E-state index contributed by atoms with van der Waals surface area (Å²) in [7, 11) is 0. The van der Waals surface area contributed by atoms with E-state index >= 15 is 0 Å². The number of rotatable bonds is 7. The molecule has 0 aliphatic carbocycles. The number of hydrogen-bond donors (Lipinski definition) is 0. The minimum Gasteiger partial charge on any atom is -0.462 e. The second kappa shape index (κ2) is 9.16. The van der Waals surface area contributed by atoms with Gasteiger partial charge in [-0.3, -0.25) is 4.79 Å². The van der Waals surface area contributed by atoms with Crippen molar-refractivity contribution in [2.45, 2.75) is 40.5 Å². The van der Waals surface area contributed by atoms with Gasteiger partial charge in [-0.2, -0.15) is 0 Å². The molecule has 0 amide bonds. The maximum atomic E-state index is 13.0. The van der Waals surface area contributed by atoms with E-state index in [1.165, 1.54) is 0 Å². The van der Waals surface area contributed by atoms with Gasteiger partial charge in [0.25, 0.3) is 0 Å². The molecule has 0 saturated heterocycles. The smallest absolute Gasteiger partial charge is 0.343 e. The largest absolute Gasteiger partial charge is 0.462 e. The molecule has 0 unspecified atom stereocenters. The van der Waals surface area contributed by atoms with Crippen molar-refractivity contribution in [3.63, 3.8) is 0 Å². The molecule has 1 aromatic carbocycles. The Labute approximate surface area is 158 Å². The van der Waals surface area contributed by atoms with Crippen LogP contribution in [0.1, 0.15) is 58.8 Å². The van der Waals surface area contributed by atoms with E-state index in [4.69, 9.17) is 9.47 Å². The highest BCUT2D eigenvalue weighted by molar-refractivity contribution is 5.96. The molecule has 144 valence electrons. The first-order chi connectivity index (χ1) is 12.9. The number of carbonyl (C=O) groups is 2. The van der Waals surface area contributed by atoms with Crippen LogP contribution in [0.3, 0.4) is 0 Å². The summed E-state index contributed by atoms with van der Waals surface area (Å²) in [5, 5.41) is 0. The van der Waals surface area contributed by atoms with Crippen LogP contribution in [0.4, 0.5) is 0 Å². The predicted molar refractivity (Wildman–Crippen MR) is 103 cm³/mol. The van der Waals surface area contributed by atoms with E-state index in [9.17, 15) is 14.4 Å². The highest BCUT2D eigenvalue weighted by atomic mass is 16.5. The lowest BCUT2D eigenvalue weighted by Crippen LogP contribution is -2.31. The van der Waals surface area contributed by atoms with Crippen LogP contribution in [0.2, 0.25) is 0 Å². The number of carbonyl (C=O) groups excluding carboxylic acids is 2. The Morgan fingerprint density at radius 2 is 1.48 bits per heavy atom. The van der Waals surface area contributed by atoms with Crippen molar-refractivity contribution in [2.24, 2.45) is 0 Å². The van der Waals surface area contributed by atoms with Crippen LogP contribution in [0.5, 0.6) is 0 Å². The number of aromatic nitrogens is 1. The van der Waals surface area contributed by atoms with Crippen molar-refractivity contribution in [1.29, 1.82) is 0 Å². The van der Waals surface area contributed by atoms with Gasteiger partial charge < -0.3 is 14.0 Å². The second-order valence-electron chi connectivity index (χ2n) is 6.13. The molecule has 0 atom stereocenters. The number of hydrogen-bond acceptors (Lipinski definition) is 5. The zero-order valence-corrected chi connectivity index (χ0v) is 16.2. The molecule has 1 aromatic heterocycles. The fraction of sp³-hybridized carbons (Fsp3) is 0.381. The summed E-state index contributed by atoms with van der Waals surface area (Å²) in [4.78, 5) is 38.0. The van der Waals surface area contributed by atoms with E-state index in [1.54, 1.807) is 25.3 Å². The Bertz CT molecular complexity index is 884. The molecule has 2 aromatic rings. The summed E-state index contributed by atoms with van der Waals surface area (Å²) in [6, 6.07) is 9.23. The minimum atomic E-state index is -0.743. The molecule has 2 rings (SSSR count). The SMILES string of the molecule is CCCCOC(=O)c1c(C)n(-c2ccccc2)c(C)c(C(=O)OCC)c1=O. The third-order valence-electron chi connectivity index (χ3n) is 4.28. The molecular weight excluding hydrogens is 346 g/mol. The molecular formula is C21H25NO5. The first-order valence-electron chi connectivity index (χ1n) is 9.09. The van der Waals surface area contributed by atoms with Gasteiger partial charge in [-0.15, -0.1) is 0 Å². The first kappa shape index (κ1) is 20.4. The summed E-state index contributed by atoms with van der Waals surface area (Å²) in [5.74, 6) is -1.46. The van der Waals surface area contributed by atoms with E-state index in [-0.39, 0.29) is 24.3 Å². The van der Waals surface area contributed by atoms with Crippen molar-refractivity contribution in [1.82, 2.24) is 4.57 Å². The third kappa shape index (κ3) is 4.27. The Morgan fingerprint density at radius 1 is 0.926 bits per heavy atom. The number of esters is 2. The van der Waals surface area contributed by atoms with E-state index in [1.807, 2.05) is 37.3 Å². The lowest BCUT2D eigenvalue weighted by molar-refractivity contribution is 0.0496. The van der Waals surface area contributed by atoms with E-state index in [2.05, 4.69) is 0 Å². The minimum absolute atomic E-state index is 0.132. The van der Waals surface area contributed by atoms with Crippen molar-refractivity contribution >= 4 is 11.9 Å². The predicted octanol–water partition coefficient (Wildman–Crippen LogP) is 3.59. The summed E-state index contributed by atoms with van der Waals surface area (Å²) in [6.45, 7) is 7.34. The van der Waals surface area contributed by atoms with Gasteiger partial charge in [-0.1, -0.05) is 31.5 Å². The lowest BCUT2D eigenvalue weighted by atomic mass is 10.0. The summed E-state index contributed by atoms with van der Waals surface area (Å²) >= 11 is 0. The topological polar surface area (TPSA) is 74.6 Å².